The van der Waals surface area contributed by atoms with E-state index >= 15 is 0 Å². The van der Waals surface area contributed by atoms with Gasteiger partial charge in [0.05, 0.1) is 12.2 Å². The summed E-state index contributed by atoms with van der Waals surface area (Å²) in [6.07, 6.45) is 1.56. The van der Waals surface area contributed by atoms with Gasteiger partial charge in [0.25, 0.3) is 5.91 Å². The van der Waals surface area contributed by atoms with E-state index in [-0.39, 0.29) is 11.7 Å². The van der Waals surface area contributed by atoms with E-state index in [0.717, 1.165) is 23.2 Å². The highest BCUT2D eigenvalue weighted by Gasteiger charge is 2.16. The Morgan fingerprint density at radius 2 is 1.85 bits per heavy atom. The first-order chi connectivity index (χ1) is 13.1. The Kier molecular flexibility index (Phi) is 5.96. The SMILES string of the molecule is CCc1ccc(Cn2nnc(C(=O)NCCc3cccc(F)c3)c2C)cc1. The Morgan fingerprint density at radius 3 is 2.56 bits per heavy atom. The van der Waals surface area contributed by atoms with E-state index in [2.05, 4.69) is 46.8 Å². The van der Waals surface area contributed by atoms with E-state index in [4.69, 9.17) is 0 Å². The molecule has 6 heteroatoms. The second-order valence-electron chi connectivity index (χ2n) is 6.49. The van der Waals surface area contributed by atoms with Crippen LogP contribution in [0.5, 0.6) is 0 Å². The van der Waals surface area contributed by atoms with Crippen LogP contribution in [0.4, 0.5) is 4.39 Å². The fourth-order valence-electron chi connectivity index (χ4n) is 2.87. The van der Waals surface area contributed by atoms with Gasteiger partial charge in [0.2, 0.25) is 0 Å². The number of rotatable bonds is 7. The molecule has 0 saturated carbocycles. The summed E-state index contributed by atoms with van der Waals surface area (Å²) in [6.45, 7) is 4.93. The van der Waals surface area contributed by atoms with E-state index in [0.29, 0.717) is 25.2 Å². The zero-order chi connectivity index (χ0) is 19.2. The van der Waals surface area contributed by atoms with Gasteiger partial charge in [-0.25, -0.2) is 9.07 Å². The molecule has 1 aromatic heterocycles. The van der Waals surface area contributed by atoms with E-state index in [9.17, 15) is 9.18 Å². The van der Waals surface area contributed by atoms with Gasteiger partial charge in [-0.2, -0.15) is 0 Å². The van der Waals surface area contributed by atoms with Gasteiger partial charge in [0.15, 0.2) is 5.69 Å². The van der Waals surface area contributed by atoms with Crippen molar-refractivity contribution in [1.29, 1.82) is 0 Å². The third-order valence-corrected chi connectivity index (χ3v) is 4.55. The molecule has 3 rings (SSSR count). The van der Waals surface area contributed by atoms with E-state index in [1.54, 1.807) is 10.7 Å². The summed E-state index contributed by atoms with van der Waals surface area (Å²) in [6, 6.07) is 14.7. The van der Waals surface area contributed by atoms with Crippen LogP contribution in [-0.4, -0.2) is 27.4 Å². The molecule has 0 radical (unpaired) electrons. The van der Waals surface area contributed by atoms with Crippen LogP contribution < -0.4 is 5.32 Å². The zero-order valence-corrected chi connectivity index (χ0v) is 15.6. The fraction of sp³-hybridized carbons (Fsp3) is 0.286. The van der Waals surface area contributed by atoms with Crippen molar-refractivity contribution in [3.63, 3.8) is 0 Å². The van der Waals surface area contributed by atoms with Crippen molar-refractivity contribution < 1.29 is 9.18 Å². The molecule has 0 aliphatic carbocycles. The van der Waals surface area contributed by atoms with Crippen molar-refractivity contribution in [1.82, 2.24) is 20.3 Å². The predicted octanol–water partition coefficient (Wildman–Crippen LogP) is 3.31. The summed E-state index contributed by atoms with van der Waals surface area (Å²) in [7, 11) is 0. The molecule has 2 aromatic carbocycles. The molecule has 0 atom stereocenters. The summed E-state index contributed by atoms with van der Waals surface area (Å²) < 4.78 is 14.9. The van der Waals surface area contributed by atoms with Gasteiger partial charge in [0.1, 0.15) is 5.82 Å². The van der Waals surface area contributed by atoms with E-state index < -0.39 is 0 Å². The molecular weight excluding hydrogens is 343 g/mol. The topological polar surface area (TPSA) is 59.8 Å². The minimum atomic E-state index is -0.274. The Bertz CT molecular complexity index is 918. The average molecular weight is 366 g/mol. The van der Waals surface area contributed by atoms with Crippen LogP contribution in [0.3, 0.4) is 0 Å². The summed E-state index contributed by atoms with van der Waals surface area (Å²) in [5, 5.41) is 11.0. The minimum Gasteiger partial charge on any atom is -0.350 e. The van der Waals surface area contributed by atoms with Crippen molar-refractivity contribution in [2.45, 2.75) is 33.2 Å². The highest BCUT2D eigenvalue weighted by molar-refractivity contribution is 5.93. The molecule has 5 nitrogen and oxygen atoms in total. The molecule has 0 unspecified atom stereocenters. The Balaban J connectivity index is 1.59. The number of amides is 1. The molecule has 27 heavy (non-hydrogen) atoms. The maximum absolute atomic E-state index is 13.2. The lowest BCUT2D eigenvalue weighted by atomic mass is 10.1. The summed E-state index contributed by atoms with van der Waals surface area (Å²) in [5.41, 5.74) is 4.27. The van der Waals surface area contributed by atoms with E-state index in [1.807, 2.05) is 13.0 Å². The molecule has 1 N–H and O–H groups in total. The highest BCUT2D eigenvalue weighted by Crippen LogP contribution is 2.10. The number of hydrogen-bond donors (Lipinski definition) is 1. The largest absolute Gasteiger partial charge is 0.350 e. The van der Waals surface area contributed by atoms with Crippen molar-refractivity contribution in [2.24, 2.45) is 0 Å². The lowest BCUT2D eigenvalue weighted by molar-refractivity contribution is 0.0948. The molecule has 1 amide bonds. The molecule has 1 heterocycles. The van der Waals surface area contributed by atoms with Gasteiger partial charge in [-0.05, 0) is 48.6 Å². The molecule has 140 valence electrons. The van der Waals surface area contributed by atoms with Crippen LogP contribution >= 0.6 is 0 Å². The van der Waals surface area contributed by atoms with Gasteiger partial charge < -0.3 is 5.32 Å². The number of carbonyl (C=O) groups is 1. The predicted molar refractivity (Wildman–Crippen MR) is 102 cm³/mol. The summed E-state index contributed by atoms with van der Waals surface area (Å²) >= 11 is 0. The van der Waals surface area contributed by atoms with Crippen LogP contribution in [0.2, 0.25) is 0 Å². The summed E-state index contributed by atoms with van der Waals surface area (Å²) in [5.74, 6) is -0.541. The van der Waals surface area contributed by atoms with E-state index in [1.165, 1.54) is 17.7 Å². The first-order valence-electron chi connectivity index (χ1n) is 9.07. The molecule has 0 aliphatic heterocycles. The number of nitrogens with zero attached hydrogens (tertiary/aromatic N) is 3. The molecular formula is C21H23FN4O. The number of halogens is 1. The second kappa shape index (κ2) is 8.58. The Labute approximate surface area is 158 Å². The molecule has 3 aromatic rings. The zero-order valence-electron chi connectivity index (χ0n) is 15.6. The fourth-order valence-corrected chi connectivity index (χ4v) is 2.87. The van der Waals surface area contributed by atoms with Gasteiger partial charge >= 0.3 is 0 Å². The minimum absolute atomic E-state index is 0.267. The number of aryl methyl sites for hydroxylation is 1. The first kappa shape index (κ1) is 18.8. The number of benzene rings is 2. The molecule has 0 bridgehead atoms. The quantitative estimate of drug-likeness (QED) is 0.698. The number of carbonyl (C=O) groups excluding carboxylic acids is 1. The van der Waals surface area contributed by atoms with Crippen molar-refractivity contribution in [2.75, 3.05) is 6.54 Å². The van der Waals surface area contributed by atoms with Crippen LogP contribution in [0.1, 0.15) is 39.8 Å². The summed E-state index contributed by atoms with van der Waals surface area (Å²) in [4.78, 5) is 12.4. The highest BCUT2D eigenvalue weighted by atomic mass is 19.1. The third-order valence-electron chi connectivity index (χ3n) is 4.55. The molecule has 0 saturated heterocycles. The van der Waals surface area contributed by atoms with Crippen molar-refractivity contribution >= 4 is 5.91 Å². The lowest BCUT2D eigenvalue weighted by Crippen LogP contribution is -2.26. The van der Waals surface area contributed by atoms with Crippen molar-refractivity contribution in [3.05, 3.63) is 82.4 Å². The number of nitrogens with one attached hydrogen (secondary N) is 1. The molecule has 0 fully saturated rings. The Hall–Kier alpha value is -3.02. The lowest BCUT2D eigenvalue weighted by Gasteiger charge is -2.06. The van der Waals surface area contributed by atoms with Crippen molar-refractivity contribution in [3.8, 4) is 0 Å². The monoisotopic (exact) mass is 366 g/mol. The van der Waals surface area contributed by atoms with Gasteiger partial charge in [-0.3, -0.25) is 4.79 Å². The standard InChI is InChI=1S/C21H23FN4O/c1-3-16-7-9-18(10-8-16)14-26-15(2)20(24-25-26)21(27)23-12-11-17-5-4-6-19(22)13-17/h4-10,13H,3,11-12,14H2,1-2H3,(H,23,27). The second-order valence-corrected chi connectivity index (χ2v) is 6.49. The molecule has 0 aliphatic rings. The normalized spacial score (nSPS) is 10.8. The third kappa shape index (κ3) is 4.78. The average Bonchev–Trinajstić information content (AvgIpc) is 3.03. The maximum atomic E-state index is 13.2. The van der Waals surface area contributed by atoms with Crippen LogP contribution in [0, 0.1) is 12.7 Å². The number of hydrogen-bond acceptors (Lipinski definition) is 3. The van der Waals surface area contributed by atoms with Crippen LogP contribution in [0.25, 0.3) is 0 Å². The Morgan fingerprint density at radius 1 is 1.11 bits per heavy atom. The molecule has 0 spiro atoms. The van der Waals surface area contributed by atoms with Gasteiger partial charge in [-0.1, -0.05) is 48.5 Å². The smallest absolute Gasteiger partial charge is 0.273 e. The van der Waals surface area contributed by atoms with Gasteiger partial charge in [-0.15, -0.1) is 5.10 Å². The van der Waals surface area contributed by atoms with Gasteiger partial charge in [0, 0.05) is 6.54 Å². The maximum Gasteiger partial charge on any atom is 0.273 e. The number of aromatic nitrogens is 3. The van der Waals surface area contributed by atoms with Crippen LogP contribution in [0.15, 0.2) is 48.5 Å². The first-order valence-corrected chi connectivity index (χ1v) is 9.07. The van der Waals surface area contributed by atoms with Crippen LogP contribution in [-0.2, 0) is 19.4 Å².